The molecule has 86 valence electrons. The van der Waals surface area contributed by atoms with Crippen LogP contribution in [0.25, 0.3) is 11.4 Å². The van der Waals surface area contributed by atoms with Crippen LogP contribution in [0.15, 0.2) is 23.4 Å². The van der Waals surface area contributed by atoms with Crippen molar-refractivity contribution in [3.05, 3.63) is 28.2 Å². The van der Waals surface area contributed by atoms with Crippen LogP contribution >= 0.6 is 35.0 Å². The number of rotatable bonds is 1. The van der Waals surface area contributed by atoms with Gasteiger partial charge in [-0.15, -0.1) is 5.10 Å². The molecular formula is C10H5Cl2N3OS. The highest BCUT2D eigenvalue weighted by Crippen LogP contribution is 2.30. The van der Waals surface area contributed by atoms with Crippen LogP contribution in [-0.2, 0) is 0 Å². The number of carbonyl (C=O) groups is 1. The van der Waals surface area contributed by atoms with E-state index in [0.29, 0.717) is 26.8 Å². The summed E-state index contributed by atoms with van der Waals surface area (Å²) in [6, 6.07) is 5.14. The van der Waals surface area contributed by atoms with E-state index in [2.05, 4.69) is 10.1 Å². The molecule has 0 bridgehead atoms. The molecule has 0 unspecified atom stereocenters. The van der Waals surface area contributed by atoms with E-state index in [1.165, 1.54) is 16.4 Å². The summed E-state index contributed by atoms with van der Waals surface area (Å²) in [6.45, 7) is 0. The van der Waals surface area contributed by atoms with Crippen LogP contribution in [0.2, 0.25) is 10.0 Å². The molecule has 7 heteroatoms. The van der Waals surface area contributed by atoms with Crippen molar-refractivity contribution in [3.8, 4) is 11.4 Å². The highest BCUT2D eigenvalue weighted by Gasteiger charge is 2.24. The fraction of sp³-hybridized carbons (Fsp3) is 0.100. The average Bonchev–Trinajstić information content (AvgIpc) is 2.86. The predicted octanol–water partition coefficient (Wildman–Crippen LogP) is 3.00. The molecule has 1 aromatic carbocycles. The Hall–Kier alpha value is -1.04. The van der Waals surface area contributed by atoms with E-state index in [0.717, 1.165) is 5.56 Å². The third kappa shape index (κ3) is 1.84. The smallest absolute Gasteiger partial charge is 0.259 e. The van der Waals surface area contributed by atoms with Crippen LogP contribution in [0.4, 0.5) is 0 Å². The fourth-order valence-electron chi connectivity index (χ4n) is 1.50. The zero-order chi connectivity index (χ0) is 12.0. The maximum Gasteiger partial charge on any atom is 0.259 e. The molecule has 0 spiro atoms. The van der Waals surface area contributed by atoms with Crippen molar-refractivity contribution in [2.75, 3.05) is 5.75 Å². The number of benzene rings is 1. The SMILES string of the molecule is O=C1CSc2nc(-c3ccc(Cl)c(Cl)c3)nn21. The average molecular weight is 286 g/mol. The molecule has 2 aromatic rings. The summed E-state index contributed by atoms with van der Waals surface area (Å²) in [7, 11) is 0. The number of fused-ring (bicyclic) bond motifs is 1. The van der Waals surface area contributed by atoms with E-state index in [4.69, 9.17) is 23.2 Å². The number of aromatic nitrogens is 3. The molecule has 0 amide bonds. The summed E-state index contributed by atoms with van der Waals surface area (Å²) >= 11 is 13.1. The number of nitrogens with zero attached hydrogens (tertiary/aromatic N) is 3. The monoisotopic (exact) mass is 285 g/mol. The van der Waals surface area contributed by atoms with E-state index < -0.39 is 0 Å². The van der Waals surface area contributed by atoms with Crippen LogP contribution in [0.5, 0.6) is 0 Å². The van der Waals surface area contributed by atoms with Crippen molar-refractivity contribution in [2.45, 2.75) is 5.16 Å². The highest BCUT2D eigenvalue weighted by atomic mass is 35.5. The van der Waals surface area contributed by atoms with Gasteiger partial charge >= 0.3 is 0 Å². The Morgan fingerprint density at radius 2 is 2.12 bits per heavy atom. The first-order valence-electron chi connectivity index (χ1n) is 4.73. The van der Waals surface area contributed by atoms with Crippen molar-refractivity contribution in [2.24, 2.45) is 0 Å². The molecular weight excluding hydrogens is 281 g/mol. The molecule has 1 aliphatic rings. The molecule has 3 rings (SSSR count). The first-order valence-corrected chi connectivity index (χ1v) is 6.48. The summed E-state index contributed by atoms with van der Waals surface area (Å²) in [5.41, 5.74) is 0.745. The van der Waals surface area contributed by atoms with Gasteiger partial charge in [0.1, 0.15) is 0 Å². The Bertz CT molecular complexity index is 626. The van der Waals surface area contributed by atoms with Crippen LogP contribution in [0, 0.1) is 0 Å². The maximum atomic E-state index is 11.4. The lowest BCUT2D eigenvalue weighted by molar-refractivity contribution is 0.0923. The number of halogens is 2. The predicted molar refractivity (Wildman–Crippen MR) is 66.8 cm³/mol. The van der Waals surface area contributed by atoms with Crippen LogP contribution in [-0.4, -0.2) is 26.4 Å². The number of hydrogen-bond acceptors (Lipinski definition) is 4. The molecule has 2 heterocycles. The van der Waals surface area contributed by atoms with Gasteiger partial charge in [-0.25, -0.2) is 4.98 Å². The Kier molecular flexibility index (Phi) is 2.61. The van der Waals surface area contributed by atoms with E-state index >= 15 is 0 Å². The van der Waals surface area contributed by atoms with Gasteiger partial charge in [-0.3, -0.25) is 4.79 Å². The van der Waals surface area contributed by atoms with E-state index in [1.807, 2.05) is 0 Å². The van der Waals surface area contributed by atoms with Crippen molar-refractivity contribution in [1.29, 1.82) is 0 Å². The third-order valence-corrected chi connectivity index (χ3v) is 3.97. The topological polar surface area (TPSA) is 47.8 Å². The summed E-state index contributed by atoms with van der Waals surface area (Å²) in [5, 5.41) is 5.69. The van der Waals surface area contributed by atoms with Gasteiger partial charge < -0.3 is 0 Å². The Morgan fingerprint density at radius 1 is 1.29 bits per heavy atom. The maximum absolute atomic E-state index is 11.4. The highest BCUT2D eigenvalue weighted by molar-refractivity contribution is 8.00. The lowest BCUT2D eigenvalue weighted by atomic mass is 10.2. The Morgan fingerprint density at radius 3 is 2.82 bits per heavy atom. The minimum atomic E-state index is -0.0520. The number of hydrogen-bond donors (Lipinski definition) is 0. The van der Waals surface area contributed by atoms with Crippen molar-refractivity contribution < 1.29 is 4.79 Å². The second-order valence-electron chi connectivity index (χ2n) is 3.44. The second kappa shape index (κ2) is 4.01. The minimum absolute atomic E-state index is 0.0520. The van der Waals surface area contributed by atoms with Gasteiger partial charge in [0.05, 0.1) is 15.8 Å². The summed E-state index contributed by atoms with van der Waals surface area (Å²) in [6.07, 6.45) is 0. The van der Waals surface area contributed by atoms with E-state index in [9.17, 15) is 4.79 Å². The molecule has 0 saturated heterocycles. The molecule has 0 saturated carbocycles. The molecule has 1 aliphatic heterocycles. The molecule has 0 aliphatic carbocycles. The zero-order valence-corrected chi connectivity index (χ0v) is 10.7. The fourth-order valence-corrected chi connectivity index (χ4v) is 2.59. The summed E-state index contributed by atoms with van der Waals surface area (Å²) in [4.78, 5) is 15.7. The molecule has 17 heavy (non-hydrogen) atoms. The molecule has 0 N–H and O–H groups in total. The van der Waals surface area contributed by atoms with Crippen LogP contribution < -0.4 is 0 Å². The third-order valence-electron chi connectivity index (χ3n) is 2.32. The van der Waals surface area contributed by atoms with Crippen LogP contribution in [0.3, 0.4) is 0 Å². The standard InChI is InChI=1S/C10H5Cl2N3OS/c11-6-2-1-5(3-7(6)12)9-13-10-15(14-9)8(16)4-17-10/h1-3H,4H2. The van der Waals surface area contributed by atoms with E-state index in [1.54, 1.807) is 18.2 Å². The van der Waals surface area contributed by atoms with Crippen molar-refractivity contribution >= 4 is 40.9 Å². The van der Waals surface area contributed by atoms with Gasteiger partial charge in [0.25, 0.3) is 5.91 Å². The van der Waals surface area contributed by atoms with Gasteiger partial charge in [-0.05, 0) is 18.2 Å². The molecule has 0 radical (unpaired) electrons. The molecule has 0 atom stereocenters. The largest absolute Gasteiger partial charge is 0.271 e. The van der Waals surface area contributed by atoms with Gasteiger partial charge in [-0.1, -0.05) is 35.0 Å². The summed E-state index contributed by atoms with van der Waals surface area (Å²) in [5.74, 6) is 0.833. The van der Waals surface area contributed by atoms with Gasteiger partial charge in [-0.2, -0.15) is 4.68 Å². The lowest BCUT2D eigenvalue weighted by Gasteiger charge is -1.98. The van der Waals surface area contributed by atoms with Crippen molar-refractivity contribution in [3.63, 3.8) is 0 Å². The van der Waals surface area contributed by atoms with Gasteiger partial charge in [0.15, 0.2) is 11.0 Å². The minimum Gasteiger partial charge on any atom is -0.271 e. The van der Waals surface area contributed by atoms with Gasteiger partial charge in [0, 0.05) is 5.56 Å². The quantitative estimate of drug-likeness (QED) is 0.808. The first kappa shape index (κ1) is 11.1. The molecule has 1 aromatic heterocycles. The second-order valence-corrected chi connectivity index (χ2v) is 5.20. The molecule has 0 fully saturated rings. The Balaban J connectivity index is 2.07. The Labute approximate surface area is 111 Å². The van der Waals surface area contributed by atoms with E-state index in [-0.39, 0.29) is 5.91 Å². The number of carbonyl (C=O) groups excluding carboxylic acids is 1. The first-order chi connectivity index (χ1) is 8.15. The zero-order valence-electron chi connectivity index (χ0n) is 8.35. The van der Waals surface area contributed by atoms with Gasteiger partial charge in [0.2, 0.25) is 0 Å². The van der Waals surface area contributed by atoms with Crippen molar-refractivity contribution in [1.82, 2.24) is 14.8 Å². The lowest BCUT2D eigenvalue weighted by Crippen LogP contribution is -2.08. The number of thioether (sulfide) groups is 1. The normalized spacial score (nSPS) is 14.1. The van der Waals surface area contributed by atoms with Crippen LogP contribution in [0.1, 0.15) is 4.79 Å². The molecule has 4 nitrogen and oxygen atoms in total. The summed E-state index contributed by atoms with van der Waals surface area (Å²) < 4.78 is 1.32.